The molecular weight excluding hydrogens is 290 g/mol. The first kappa shape index (κ1) is 17.5. The molecule has 0 unspecified atom stereocenters. The molecular formula is C15H22ClN3O2. The third-order valence-electron chi connectivity index (χ3n) is 2.46. The summed E-state index contributed by atoms with van der Waals surface area (Å²) in [4.78, 5) is 23.2. The number of amides is 2. The van der Waals surface area contributed by atoms with Crippen LogP contribution in [0.3, 0.4) is 0 Å². The van der Waals surface area contributed by atoms with Crippen molar-refractivity contribution in [3.8, 4) is 0 Å². The summed E-state index contributed by atoms with van der Waals surface area (Å²) in [6.07, 6.45) is 0.339. The van der Waals surface area contributed by atoms with Gasteiger partial charge in [0.15, 0.2) is 0 Å². The van der Waals surface area contributed by atoms with Crippen molar-refractivity contribution in [3.63, 3.8) is 0 Å². The molecule has 0 saturated heterocycles. The molecule has 1 aromatic carbocycles. The molecule has 0 aromatic heterocycles. The van der Waals surface area contributed by atoms with Gasteiger partial charge in [-0.05, 0) is 45.0 Å². The molecule has 1 rings (SSSR count). The lowest BCUT2D eigenvalue weighted by Crippen LogP contribution is -2.42. The monoisotopic (exact) mass is 311 g/mol. The van der Waals surface area contributed by atoms with E-state index in [1.165, 1.54) is 0 Å². The van der Waals surface area contributed by atoms with Gasteiger partial charge in [0.1, 0.15) is 0 Å². The number of nitrogens with one attached hydrogen (secondary N) is 3. The summed E-state index contributed by atoms with van der Waals surface area (Å²) >= 11 is 5.76. The summed E-state index contributed by atoms with van der Waals surface area (Å²) in [5.74, 6) is -0.193. The highest BCUT2D eigenvalue weighted by atomic mass is 35.5. The van der Waals surface area contributed by atoms with E-state index in [4.69, 9.17) is 11.6 Å². The number of carbonyl (C=O) groups excluding carboxylic acids is 2. The van der Waals surface area contributed by atoms with Crippen molar-refractivity contribution in [1.82, 2.24) is 10.6 Å². The van der Waals surface area contributed by atoms with E-state index < -0.39 is 0 Å². The lowest BCUT2D eigenvalue weighted by atomic mass is 10.1. The fourth-order valence-corrected chi connectivity index (χ4v) is 1.75. The minimum Gasteiger partial charge on any atom is -0.351 e. The van der Waals surface area contributed by atoms with Crippen LogP contribution in [0.25, 0.3) is 0 Å². The van der Waals surface area contributed by atoms with Crippen LogP contribution in [0, 0.1) is 0 Å². The predicted molar refractivity (Wildman–Crippen MR) is 85.5 cm³/mol. The van der Waals surface area contributed by atoms with E-state index in [0.717, 1.165) is 0 Å². The van der Waals surface area contributed by atoms with Gasteiger partial charge >= 0.3 is 0 Å². The Bertz CT molecular complexity index is 481. The number of halogens is 1. The number of benzene rings is 1. The molecule has 0 heterocycles. The van der Waals surface area contributed by atoms with Gasteiger partial charge in [0.05, 0.1) is 6.54 Å². The second-order valence-corrected chi connectivity index (χ2v) is 6.22. The highest BCUT2D eigenvalue weighted by Gasteiger charge is 2.13. The van der Waals surface area contributed by atoms with Crippen LogP contribution < -0.4 is 16.0 Å². The summed E-state index contributed by atoms with van der Waals surface area (Å²) < 4.78 is 0. The van der Waals surface area contributed by atoms with E-state index in [-0.39, 0.29) is 23.9 Å². The fourth-order valence-electron chi connectivity index (χ4n) is 1.62. The van der Waals surface area contributed by atoms with Gasteiger partial charge in [0, 0.05) is 29.2 Å². The molecule has 0 spiro atoms. The molecule has 0 bridgehead atoms. The molecule has 5 nitrogen and oxygen atoms in total. The maximum Gasteiger partial charge on any atom is 0.238 e. The fraction of sp³-hybridized carbons (Fsp3) is 0.467. The van der Waals surface area contributed by atoms with E-state index in [2.05, 4.69) is 16.0 Å². The normalized spacial score (nSPS) is 11.0. The molecule has 0 aliphatic heterocycles. The Kier molecular flexibility index (Phi) is 6.65. The molecule has 0 aliphatic rings. The number of hydrogen-bond acceptors (Lipinski definition) is 3. The van der Waals surface area contributed by atoms with Gasteiger partial charge < -0.3 is 16.0 Å². The summed E-state index contributed by atoms with van der Waals surface area (Å²) in [6.45, 7) is 6.40. The zero-order valence-electron chi connectivity index (χ0n) is 12.6. The topological polar surface area (TPSA) is 70.2 Å². The molecule has 116 valence electrons. The van der Waals surface area contributed by atoms with E-state index in [0.29, 0.717) is 23.7 Å². The van der Waals surface area contributed by atoms with Gasteiger partial charge in [-0.3, -0.25) is 9.59 Å². The second-order valence-electron chi connectivity index (χ2n) is 5.78. The first-order valence-corrected chi connectivity index (χ1v) is 7.21. The molecule has 21 heavy (non-hydrogen) atoms. The summed E-state index contributed by atoms with van der Waals surface area (Å²) in [6, 6.07) is 6.89. The van der Waals surface area contributed by atoms with Crippen molar-refractivity contribution in [2.45, 2.75) is 32.7 Å². The van der Waals surface area contributed by atoms with E-state index in [1.807, 2.05) is 20.8 Å². The van der Waals surface area contributed by atoms with Crippen LogP contribution in [0.2, 0.25) is 5.02 Å². The van der Waals surface area contributed by atoms with Crippen LogP contribution >= 0.6 is 11.6 Å². The standard InChI is InChI=1S/C15H22ClN3O2/c1-15(2,3)19-13(20)8-9-17-10-14(21)18-12-6-4-11(16)5-7-12/h4-7,17H,8-10H2,1-3H3,(H,18,21)(H,19,20). The van der Waals surface area contributed by atoms with Crippen LogP contribution in [0.5, 0.6) is 0 Å². The SMILES string of the molecule is CC(C)(C)NC(=O)CCNCC(=O)Nc1ccc(Cl)cc1. The third kappa shape index (κ3) is 8.32. The van der Waals surface area contributed by atoms with Gasteiger partial charge in [0.2, 0.25) is 11.8 Å². The smallest absolute Gasteiger partial charge is 0.238 e. The molecule has 1 aromatic rings. The first-order valence-electron chi connectivity index (χ1n) is 6.83. The molecule has 0 fully saturated rings. The Morgan fingerprint density at radius 2 is 1.71 bits per heavy atom. The maximum atomic E-state index is 11.7. The Morgan fingerprint density at radius 1 is 1.10 bits per heavy atom. The van der Waals surface area contributed by atoms with Crippen molar-refractivity contribution >= 4 is 29.1 Å². The highest BCUT2D eigenvalue weighted by Crippen LogP contribution is 2.12. The zero-order chi connectivity index (χ0) is 15.9. The van der Waals surface area contributed by atoms with Crippen LogP contribution in [0.1, 0.15) is 27.2 Å². The van der Waals surface area contributed by atoms with E-state index >= 15 is 0 Å². The maximum absolute atomic E-state index is 11.7. The average molecular weight is 312 g/mol. The van der Waals surface area contributed by atoms with Crippen molar-refractivity contribution in [2.24, 2.45) is 0 Å². The van der Waals surface area contributed by atoms with Crippen LogP contribution in [0.4, 0.5) is 5.69 Å². The average Bonchev–Trinajstić information content (AvgIpc) is 2.35. The van der Waals surface area contributed by atoms with E-state index in [9.17, 15) is 9.59 Å². The molecule has 0 radical (unpaired) electrons. The minimum absolute atomic E-state index is 0.0342. The Morgan fingerprint density at radius 3 is 2.29 bits per heavy atom. The zero-order valence-corrected chi connectivity index (χ0v) is 13.4. The summed E-state index contributed by atoms with van der Waals surface area (Å²) in [7, 11) is 0. The summed E-state index contributed by atoms with van der Waals surface area (Å²) in [5.41, 5.74) is 0.458. The van der Waals surface area contributed by atoms with Gasteiger partial charge in [-0.2, -0.15) is 0 Å². The number of hydrogen-bond donors (Lipinski definition) is 3. The minimum atomic E-state index is -0.233. The van der Waals surface area contributed by atoms with Crippen molar-refractivity contribution in [3.05, 3.63) is 29.3 Å². The number of rotatable bonds is 6. The molecule has 3 N–H and O–H groups in total. The van der Waals surface area contributed by atoms with Crippen molar-refractivity contribution < 1.29 is 9.59 Å². The molecule has 6 heteroatoms. The lowest BCUT2D eigenvalue weighted by molar-refractivity contribution is -0.122. The Balaban J connectivity index is 2.19. The molecule has 0 atom stereocenters. The van der Waals surface area contributed by atoms with E-state index in [1.54, 1.807) is 24.3 Å². The molecule has 0 saturated carbocycles. The Hall–Kier alpha value is -1.59. The van der Waals surface area contributed by atoms with Crippen molar-refractivity contribution in [2.75, 3.05) is 18.4 Å². The highest BCUT2D eigenvalue weighted by molar-refractivity contribution is 6.30. The van der Waals surface area contributed by atoms with Crippen LogP contribution in [-0.2, 0) is 9.59 Å². The van der Waals surface area contributed by atoms with Crippen LogP contribution in [0.15, 0.2) is 24.3 Å². The Labute approximate surface area is 130 Å². The second kappa shape index (κ2) is 8.00. The quantitative estimate of drug-likeness (QED) is 0.705. The van der Waals surface area contributed by atoms with Gasteiger partial charge in [-0.1, -0.05) is 11.6 Å². The van der Waals surface area contributed by atoms with Gasteiger partial charge in [-0.25, -0.2) is 0 Å². The van der Waals surface area contributed by atoms with Crippen molar-refractivity contribution in [1.29, 1.82) is 0 Å². The molecule has 2 amide bonds. The van der Waals surface area contributed by atoms with Crippen LogP contribution in [-0.4, -0.2) is 30.4 Å². The molecule has 0 aliphatic carbocycles. The van der Waals surface area contributed by atoms with Gasteiger partial charge in [0.25, 0.3) is 0 Å². The predicted octanol–water partition coefficient (Wildman–Crippen LogP) is 2.17. The van der Waals surface area contributed by atoms with Gasteiger partial charge in [-0.15, -0.1) is 0 Å². The number of anilines is 1. The largest absolute Gasteiger partial charge is 0.351 e. The summed E-state index contributed by atoms with van der Waals surface area (Å²) in [5, 5.41) is 9.15. The third-order valence-corrected chi connectivity index (χ3v) is 2.71. The lowest BCUT2D eigenvalue weighted by Gasteiger charge is -2.20. The first-order chi connectivity index (χ1) is 9.76. The number of carbonyl (C=O) groups is 2.